The smallest absolute Gasteiger partial charge is 0.253 e. The molecule has 1 unspecified atom stereocenters. The predicted octanol–water partition coefficient (Wildman–Crippen LogP) is 3.15. The van der Waals surface area contributed by atoms with Crippen molar-refractivity contribution in [2.75, 3.05) is 34.8 Å². The molecule has 0 bridgehead atoms. The second-order valence-electron chi connectivity index (χ2n) is 6.78. The van der Waals surface area contributed by atoms with Gasteiger partial charge in [0, 0.05) is 33.3 Å². The molecule has 8 heteroatoms. The molecule has 0 saturated heterocycles. The number of hydrogen-bond donors (Lipinski definition) is 2. The first kappa shape index (κ1) is 25.5. The van der Waals surface area contributed by atoms with E-state index >= 15 is 0 Å². The first-order chi connectivity index (χ1) is 13.9. The number of aliphatic imine (C=N–C) groups is 1. The molecule has 7 nitrogen and oxygen atoms in total. The molecule has 30 heavy (non-hydrogen) atoms. The van der Waals surface area contributed by atoms with Gasteiger partial charge in [0.15, 0.2) is 17.5 Å². The lowest BCUT2D eigenvalue weighted by molar-refractivity contribution is 0.0827. The molecule has 0 aliphatic rings. The number of amides is 1. The third-order valence-corrected chi connectivity index (χ3v) is 4.24. The molecule has 0 spiro atoms. The van der Waals surface area contributed by atoms with Crippen LogP contribution in [0, 0.1) is 0 Å². The third-order valence-electron chi connectivity index (χ3n) is 4.24. The average molecular weight is 526 g/mol. The summed E-state index contributed by atoms with van der Waals surface area (Å²) >= 11 is 0. The molecule has 0 heterocycles. The quantitative estimate of drug-likeness (QED) is 0.314. The normalized spacial score (nSPS) is 11.7. The highest BCUT2D eigenvalue weighted by Gasteiger charge is 2.10. The van der Waals surface area contributed by atoms with E-state index in [4.69, 9.17) is 9.47 Å². The van der Waals surface area contributed by atoms with Crippen molar-refractivity contribution in [2.24, 2.45) is 4.99 Å². The number of hydrogen-bond acceptors (Lipinski definition) is 4. The molecular formula is C22H31IN4O3. The van der Waals surface area contributed by atoms with E-state index < -0.39 is 0 Å². The molecule has 0 aromatic heterocycles. The van der Waals surface area contributed by atoms with Crippen molar-refractivity contribution >= 4 is 35.8 Å². The van der Waals surface area contributed by atoms with Gasteiger partial charge in [-0.3, -0.25) is 9.79 Å². The Morgan fingerprint density at radius 1 is 1.07 bits per heavy atom. The van der Waals surface area contributed by atoms with Gasteiger partial charge >= 0.3 is 0 Å². The van der Waals surface area contributed by atoms with E-state index in [1.54, 1.807) is 33.2 Å². The Morgan fingerprint density at radius 3 is 2.27 bits per heavy atom. The van der Waals surface area contributed by atoms with Gasteiger partial charge in [-0.1, -0.05) is 24.3 Å². The van der Waals surface area contributed by atoms with Gasteiger partial charge in [0.05, 0.1) is 13.7 Å². The molecule has 1 atom stereocenters. The van der Waals surface area contributed by atoms with Crippen molar-refractivity contribution in [1.82, 2.24) is 15.5 Å². The Labute approximate surface area is 195 Å². The molecule has 2 N–H and O–H groups in total. The summed E-state index contributed by atoms with van der Waals surface area (Å²) in [5.41, 5.74) is 1.73. The van der Waals surface area contributed by atoms with Crippen molar-refractivity contribution in [3.8, 4) is 11.5 Å². The van der Waals surface area contributed by atoms with E-state index in [0.717, 1.165) is 5.56 Å². The van der Waals surface area contributed by atoms with Gasteiger partial charge in [0.25, 0.3) is 5.91 Å². The molecule has 0 fully saturated rings. The molecule has 2 aromatic rings. The summed E-state index contributed by atoms with van der Waals surface area (Å²) in [5, 5.41) is 6.52. The summed E-state index contributed by atoms with van der Waals surface area (Å²) < 4.78 is 11.3. The number of rotatable bonds is 8. The summed E-state index contributed by atoms with van der Waals surface area (Å²) in [7, 11) is 6.83. The first-order valence-electron chi connectivity index (χ1n) is 9.49. The fourth-order valence-corrected chi connectivity index (χ4v) is 2.64. The minimum Gasteiger partial charge on any atom is -0.493 e. The van der Waals surface area contributed by atoms with Crippen molar-refractivity contribution in [2.45, 2.75) is 19.6 Å². The van der Waals surface area contributed by atoms with Crippen LogP contribution in [0.3, 0.4) is 0 Å². The van der Waals surface area contributed by atoms with Crippen LogP contribution in [-0.2, 0) is 6.54 Å². The predicted molar refractivity (Wildman–Crippen MR) is 131 cm³/mol. The first-order valence-corrected chi connectivity index (χ1v) is 9.49. The largest absolute Gasteiger partial charge is 0.493 e. The lowest BCUT2D eigenvalue weighted by Crippen LogP contribution is -2.41. The van der Waals surface area contributed by atoms with Gasteiger partial charge in [-0.2, -0.15) is 0 Å². The minimum absolute atomic E-state index is 0. The number of methoxy groups -OCH3 is 1. The van der Waals surface area contributed by atoms with Crippen LogP contribution in [0.2, 0.25) is 0 Å². The number of guanidine groups is 1. The van der Waals surface area contributed by atoms with Crippen LogP contribution in [0.25, 0.3) is 0 Å². The fraction of sp³-hybridized carbons (Fsp3) is 0.364. The number of ether oxygens (including phenoxy) is 2. The van der Waals surface area contributed by atoms with Gasteiger partial charge in [-0.15, -0.1) is 24.0 Å². The highest BCUT2D eigenvalue weighted by atomic mass is 127. The molecular weight excluding hydrogens is 495 g/mol. The number of carbonyl (C=O) groups is 1. The number of halogens is 1. The zero-order chi connectivity index (χ0) is 21.2. The van der Waals surface area contributed by atoms with Crippen molar-refractivity contribution in [1.29, 1.82) is 0 Å². The van der Waals surface area contributed by atoms with Gasteiger partial charge in [-0.05, 0) is 36.8 Å². The molecule has 0 aliphatic heterocycles. The molecule has 164 valence electrons. The number of para-hydroxylation sites is 2. The maximum atomic E-state index is 11.9. The lowest BCUT2D eigenvalue weighted by Gasteiger charge is -2.19. The van der Waals surface area contributed by atoms with Crippen LogP contribution < -0.4 is 20.1 Å². The van der Waals surface area contributed by atoms with E-state index in [2.05, 4.69) is 15.6 Å². The highest BCUT2D eigenvalue weighted by Crippen LogP contribution is 2.26. The fourth-order valence-electron chi connectivity index (χ4n) is 2.64. The van der Waals surface area contributed by atoms with Gasteiger partial charge in [-0.25, -0.2) is 0 Å². The second kappa shape index (κ2) is 12.9. The standard InChI is InChI=1S/C22H30N4O3.HI/c1-16(29-20-9-7-6-8-19(20)28-5)14-24-22(23-2)25-15-17-10-12-18(13-11-17)21(27)26(3)4;/h6-13,16H,14-15H2,1-5H3,(H2,23,24,25);1H. The number of benzene rings is 2. The lowest BCUT2D eigenvalue weighted by atomic mass is 10.1. The minimum atomic E-state index is -0.0822. The van der Waals surface area contributed by atoms with E-state index in [0.29, 0.717) is 36.1 Å². The Kier molecular flexibility index (Phi) is 11.0. The summed E-state index contributed by atoms with van der Waals surface area (Å²) in [6.45, 7) is 3.15. The number of carbonyl (C=O) groups excluding carboxylic acids is 1. The summed E-state index contributed by atoms with van der Waals surface area (Å²) in [6.07, 6.45) is -0.0822. The molecule has 2 aromatic carbocycles. The number of nitrogens with one attached hydrogen (secondary N) is 2. The number of nitrogens with zero attached hydrogens (tertiary/aromatic N) is 2. The van der Waals surface area contributed by atoms with Crippen molar-refractivity contribution < 1.29 is 14.3 Å². The second-order valence-corrected chi connectivity index (χ2v) is 6.78. The van der Waals surface area contributed by atoms with Crippen molar-refractivity contribution in [3.63, 3.8) is 0 Å². The molecule has 0 aliphatic carbocycles. The van der Waals surface area contributed by atoms with Crippen LogP contribution in [0.4, 0.5) is 0 Å². The van der Waals surface area contributed by atoms with Crippen LogP contribution in [0.15, 0.2) is 53.5 Å². The van der Waals surface area contributed by atoms with Gasteiger partial charge < -0.3 is 25.0 Å². The van der Waals surface area contributed by atoms with E-state index in [-0.39, 0.29) is 36.0 Å². The highest BCUT2D eigenvalue weighted by molar-refractivity contribution is 14.0. The van der Waals surface area contributed by atoms with Gasteiger partial charge in [0.1, 0.15) is 6.10 Å². The molecule has 0 saturated carbocycles. The van der Waals surface area contributed by atoms with Gasteiger partial charge in [0.2, 0.25) is 0 Å². The molecule has 0 radical (unpaired) electrons. The van der Waals surface area contributed by atoms with Crippen LogP contribution in [-0.4, -0.2) is 57.7 Å². The average Bonchev–Trinajstić information content (AvgIpc) is 2.74. The Bertz CT molecular complexity index is 825. The zero-order valence-corrected chi connectivity index (χ0v) is 20.5. The van der Waals surface area contributed by atoms with E-state index in [1.807, 2.05) is 55.5 Å². The summed E-state index contributed by atoms with van der Waals surface area (Å²) in [5.74, 6) is 2.08. The Hall–Kier alpha value is -2.49. The maximum Gasteiger partial charge on any atom is 0.253 e. The van der Waals surface area contributed by atoms with Crippen LogP contribution in [0.1, 0.15) is 22.8 Å². The zero-order valence-electron chi connectivity index (χ0n) is 18.1. The summed E-state index contributed by atoms with van der Waals surface area (Å²) in [4.78, 5) is 17.8. The van der Waals surface area contributed by atoms with E-state index in [1.165, 1.54) is 0 Å². The van der Waals surface area contributed by atoms with Crippen LogP contribution in [0.5, 0.6) is 11.5 Å². The molecule has 2 rings (SSSR count). The molecule has 1 amide bonds. The Balaban J connectivity index is 0.00000450. The third kappa shape index (κ3) is 7.74. The van der Waals surface area contributed by atoms with E-state index in [9.17, 15) is 4.79 Å². The van der Waals surface area contributed by atoms with Crippen molar-refractivity contribution in [3.05, 3.63) is 59.7 Å². The monoisotopic (exact) mass is 526 g/mol. The summed E-state index contributed by atoms with van der Waals surface area (Å²) in [6, 6.07) is 15.1. The maximum absolute atomic E-state index is 11.9. The Morgan fingerprint density at radius 2 is 1.70 bits per heavy atom. The SMILES string of the molecule is CN=C(NCc1ccc(C(=O)N(C)C)cc1)NCC(C)Oc1ccccc1OC.I. The van der Waals surface area contributed by atoms with Crippen LogP contribution >= 0.6 is 24.0 Å². The topological polar surface area (TPSA) is 75.2 Å².